The van der Waals surface area contributed by atoms with Crippen molar-refractivity contribution in [3.63, 3.8) is 0 Å². The summed E-state index contributed by atoms with van der Waals surface area (Å²) < 4.78 is 0. The lowest BCUT2D eigenvalue weighted by atomic mass is 9.83. The molecule has 0 saturated heterocycles. The van der Waals surface area contributed by atoms with Gasteiger partial charge in [0.1, 0.15) is 17.2 Å². The second-order valence-corrected chi connectivity index (χ2v) is 6.84. The summed E-state index contributed by atoms with van der Waals surface area (Å²) in [5.41, 5.74) is 2.59. The molecule has 31 heavy (non-hydrogen) atoms. The van der Waals surface area contributed by atoms with Gasteiger partial charge in [-0.2, -0.15) is 0 Å². The van der Waals surface area contributed by atoms with Crippen LogP contribution in [0.1, 0.15) is 33.0 Å². The van der Waals surface area contributed by atoms with Crippen LogP contribution >= 0.6 is 0 Å². The van der Waals surface area contributed by atoms with Crippen molar-refractivity contribution in [2.24, 2.45) is 0 Å². The van der Waals surface area contributed by atoms with Gasteiger partial charge in [0.15, 0.2) is 0 Å². The summed E-state index contributed by atoms with van der Waals surface area (Å²) in [6.07, 6.45) is 0. The van der Waals surface area contributed by atoms with Crippen LogP contribution in [0.2, 0.25) is 0 Å². The highest BCUT2D eigenvalue weighted by Crippen LogP contribution is 2.35. The van der Waals surface area contributed by atoms with E-state index >= 15 is 0 Å². The Bertz CT molecular complexity index is 1080. The fourth-order valence-corrected chi connectivity index (χ4v) is 3.26. The third-order valence-corrected chi connectivity index (χ3v) is 4.71. The van der Waals surface area contributed by atoms with Gasteiger partial charge in [-0.1, -0.05) is 60.7 Å². The molecule has 0 radical (unpaired) electrons. The molecule has 0 aliphatic carbocycles. The van der Waals surface area contributed by atoms with Crippen LogP contribution in [0, 0.1) is 0 Å². The maximum Gasteiger partial charge on any atom is 0.335 e. The number of carbonyl (C=O) groups is 1. The zero-order chi connectivity index (χ0) is 22.2. The lowest BCUT2D eigenvalue weighted by Gasteiger charge is -2.21. The SMILES string of the molecule is O=C(O)c1ccccc1C(c1ccc(O)cc1)c1ccc(O)cc1.Oc1ccccc1. The molecule has 4 N–H and O–H groups in total. The number of carboxylic acids is 1. The molecule has 156 valence electrons. The van der Waals surface area contributed by atoms with E-state index in [0.29, 0.717) is 11.3 Å². The van der Waals surface area contributed by atoms with E-state index in [1.165, 1.54) is 0 Å². The van der Waals surface area contributed by atoms with Gasteiger partial charge < -0.3 is 20.4 Å². The van der Waals surface area contributed by atoms with Crippen LogP contribution in [0.3, 0.4) is 0 Å². The molecule has 0 fully saturated rings. The Morgan fingerprint density at radius 3 is 1.39 bits per heavy atom. The molecule has 0 aliphatic rings. The summed E-state index contributed by atoms with van der Waals surface area (Å²) in [5.74, 6) is -0.696. The van der Waals surface area contributed by atoms with Crippen molar-refractivity contribution in [3.05, 3.63) is 125 Å². The third kappa shape index (κ3) is 5.64. The molecule has 5 heteroatoms. The number of hydrogen-bond acceptors (Lipinski definition) is 4. The van der Waals surface area contributed by atoms with Gasteiger partial charge in [-0.3, -0.25) is 0 Å². The van der Waals surface area contributed by atoms with Crippen LogP contribution in [-0.2, 0) is 0 Å². The summed E-state index contributed by atoms with van der Waals surface area (Å²) in [6.45, 7) is 0. The summed E-state index contributed by atoms with van der Waals surface area (Å²) in [5, 5.41) is 37.2. The Morgan fingerprint density at radius 1 is 0.548 bits per heavy atom. The predicted octanol–water partition coefficient (Wildman–Crippen LogP) is 5.37. The van der Waals surface area contributed by atoms with Crippen molar-refractivity contribution in [3.8, 4) is 17.2 Å². The number of benzene rings is 4. The lowest BCUT2D eigenvalue weighted by Crippen LogP contribution is -2.10. The molecule has 0 heterocycles. The van der Waals surface area contributed by atoms with E-state index in [1.54, 1.807) is 97.1 Å². The third-order valence-electron chi connectivity index (χ3n) is 4.71. The molecule has 0 unspecified atom stereocenters. The van der Waals surface area contributed by atoms with Crippen molar-refractivity contribution < 1.29 is 25.2 Å². The lowest BCUT2D eigenvalue weighted by molar-refractivity contribution is 0.0695. The minimum absolute atomic E-state index is 0.148. The van der Waals surface area contributed by atoms with E-state index in [1.807, 2.05) is 6.07 Å². The topological polar surface area (TPSA) is 98.0 Å². The van der Waals surface area contributed by atoms with Crippen molar-refractivity contribution in [2.75, 3.05) is 0 Å². The molecule has 0 saturated carbocycles. The van der Waals surface area contributed by atoms with Gasteiger partial charge in [-0.15, -0.1) is 0 Å². The first-order chi connectivity index (χ1) is 15.0. The fourth-order valence-electron chi connectivity index (χ4n) is 3.26. The second kappa shape index (κ2) is 9.98. The molecular formula is C26H22O5. The molecule has 0 bridgehead atoms. The van der Waals surface area contributed by atoms with Crippen molar-refractivity contribution in [1.82, 2.24) is 0 Å². The first kappa shape index (κ1) is 21.5. The van der Waals surface area contributed by atoms with E-state index in [4.69, 9.17) is 5.11 Å². The Balaban J connectivity index is 0.000000330. The average molecular weight is 414 g/mol. The average Bonchev–Trinajstić information content (AvgIpc) is 2.78. The fraction of sp³-hybridized carbons (Fsp3) is 0.0385. The minimum atomic E-state index is -0.992. The van der Waals surface area contributed by atoms with E-state index in [9.17, 15) is 20.1 Å². The van der Waals surface area contributed by atoms with E-state index in [2.05, 4.69) is 0 Å². The highest BCUT2D eigenvalue weighted by atomic mass is 16.4. The molecule has 4 aromatic rings. The molecule has 4 aromatic carbocycles. The smallest absolute Gasteiger partial charge is 0.335 e. The molecule has 5 nitrogen and oxygen atoms in total. The molecule has 0 spiro atoms. The number of hydrogen-bond donors (Lipinski definition) is 4. The monoisotopic (exact) mass is 414 g/mol. The van der Waals surface area contributed by atoms with Gasteiger partial charge in [0.25, 0.3) is 0 Å². The highest BCUT2D eigenvalue weighted by Gasteiger charge is 2.22. The first-order valence-electron chi connectivity index (χ1n) is 9.60. The summed E-state index contributed by atoms with van der Waals surface area (Å²) in [7, 11) is 0. The van der Waals surface area contributed by atoms with E-state index < -0.39 is 5.97 Å². The highest BCUT2D eigenvalue weighted by molar-refractivity contribution is 5.90. The van der Waals surface area contributed by atoms with Gasteiger partial charge in [0.05, 0.1) is 5.56 Å². The maximum atomic E-state index is 11.6. The zero-order valence-electron chi connectivity index (χ0n) is 16.6. The molecule has 4 rings (SSSR count). The molecular weight excluding hydrogens is 392 g/mol. The number of aromatic hydroxyl groups is 3. The summed E-state index contributed by atoms with van der Waals surface area (Å²) in [6, 6.07) is 28.9. The number of carboxylic acid groups (broad SMARTS) is 1. The van der Waals surface area contributed by atoms with E-state index in [0.717, 1.165) is 11.1 Å². The van der Waals surface area contributed by atoms with Gasteiger partial charge in [0.2, 0.25) is 0 Å². The molecule has 0 atom stereocenters. The molecule has 0 aromatic heterocycles. The zero-order valence-corrected chi connectivity index (χ0v) is 16.6. The van der Waals surface area contributed by atoms with Crippen LogP contribution in [0.15, 0.2) is 103 Å². The largest absolute Gasteiger partial charge is 0.508 e. The second-order valence-electron chi connectivity index (χ2n) is 6.84. The maximum absolute atomic E-state index is 11.6. The van der Waals surface area contributed by atoms with Crippen LogP contribution < -0.4 is 0 Å². The molecule has 0 aliphatic heterocycles. The van der Waals surface area contributed by atoms with E-state index in [-0.39, 0.29) is 23.0 Å². The van der Waals surface area contributed by atoms with Gasteiger partial charge >= 0.3 is 5.97 Å². The first-order valence-corrected chi connectivity index (χ1v) is 9.60. The van der Waals surface area contributed by atoms with Crippen molar-refractivity contribution in [1.29, 1.82) is 0 Å². The quantitative estimate of drug-likeness (QED) is 0.337. The predicted molar refractivity (Wildman–Crippen MR) is 119 cm³/mol. The Morgan fingerprint density at radius 2 is 0.968 bits per heavy atom. The van der Waals surface area contributed by atoms with Crippen LogP contribution in [0.5, 0.6) is 17.2 Å². The van der Waals surface area contributed by atoms with Crippen LogP contribution in [0.25, 0.3) is 0 Å². The Labute approximate surface area is 180 Å². The number of phenolic OH excluding ortho intramolecular Hbond substituents is 3. The normalized spacial score (nSPS) is 10.2. The summed E-state index contributed by atoms with van der Waals surface area (Å²) >= 11 is 0. The minimum Gasteiger partial charge on any atom is -0.508 e. The number of rotatable bonds is 4. The van der Waals surface area contributed by atoms with Crippen LogP contribution in [-0.4, -0.2) is 26.4 Å². The Hall–Kier alpha value is -4.25. The number of para-hydroxylation sites is 1. The number of aromatic carboxylic acids is 1. The van der Waals surface area contributed by atoms with Gasteiger partial charge in [-0.25, -0.2) is 4.79 Å². The van der Waals surface area contributed by atoms with Crippen molar-refractivity contribution in [2.45, 2.75) is 5.92 Å². The van der Waals surface area contributed by atoms with Crippen LogP contribution in [0.4, 0.5) is 0 Å². The summed E-state index contributed by atoms with van der Waals surface area (Å²) in [4.78, 5) is 11.6. The van der Waals surface area contributed by atoms with Gasteiger partial charge in [-0.05, 0) is 59.2 Å². The standard InChI is InChI=1S/C20H16O4.C6H6O/c21-15-9-5-13(6-10-15)19(14-7-11-16(22)12-8-14)17-3-1-2-4-18(17)20(23)24;7-6-4-2-1-3-5-6/h1-12,19,21-22H,(H,23,24);1-5,7H. The van der Waals surface area contributed by atoms with Gasteiger partial charge in [0, 0.05) is 5.92 Å². The Kier molecular flexibility index (Phi) is 6.91. The van der Waals surface area contributed by atoms with Crippen molar-refractivity contribution >= 4 is 5.97 Å². The molecule has 0 amide bonds. The number of phenols is 3.